The number of hydrogen-bond donors (Lipinski definition) is 6. The molecule has 15 heteroatoms. The van der Waals surface area contributed by atoms with Gasteiger partial charge in [0.05, 0.1) is 29.9 Å². The summed E-state index contributed by atoms with van der Waals surface area (Å²) < 4.78 is 5.73. The van der Waals surface area contributed by atoms with Crippen LogP contribution in [0.3, 0.4) is 0 Å². The molecule has 0 fully saturated rings. The van der Waals surface area contributed by atoms with Crippen LogP contribution in [-0.2, 0) is 6.42 Å². The van der Waals surface area contributed by atoms with Gasteiger partial charge in [-0.15, -0.1) is 0 Å². The van der Waals surface area contributed by atoms with E-state index >= 15 is 0 Å². The molecule has 66 heavy (non-hydrogen) atoms. The summed E-state index contributed by atoms with van der Waals surface area (Å²) in [5.74, 6) is 1.69. The number of carbonyl (C=O) groups excluding carboxylic acids is 3. The van der Waals surface area contributed by atoms with Crippen molar-refractivity contribution < 1.29 is 19.1 Å². The van der Waals surface area contributed by atoms with Crippen LogP contribution in [-0.4, -0.2) is 67.3 Å². The second-order valence-corrected chi connectivity index (χ2v) is 14.7. The first-order chi connectivity index (χ1) is 32.1. The Balaban J connectivity index is 0.000000184. The van der Waals surface area contributed by atoms with Gasteiger partial charge in [-0.1, -0.05) is 84.9 Å². The van der Waals surface area contributed by atoms with Gasteiger partial charge < -0.3 is 37.6 Å². The summed E-state index contributed by atoms with van der Waals surface area (Å²) >= 11 is 0. The smallest absolute Gasteiger partial charge is 0.248 e. The zero-order chi connectivity index (χ0) is 46.5. The maximum absolute atomic E-state index is 11.2. The minimum atomic E-state index is -0.445. The molecule has 0 atom stereocenters. The summed E-state index contributed by atoms with van der Waals surface area (Å²) in [5, 5.41) is 6.46. The van der Waals surface area contributed by atoms with Crippen molar-refractivity contribution in [1.82, 2.24) is 29.9 Å². The molecule has 0 saturated carbocycles. The highest BCUT2D eigenvalue weighted by Crippen LogP contribution is 2.21. The average molecular weight is 882 g/mol. The minimum absolute atomic E-state index is 0.379. The molecule has 0 aliphatic carbocycles. The highest BCUT2D eigenvalue weighted by molar-refractivity contribution is 5.94. The number of primary amides is 3. The number of hydrogen-bond acceptors (Lipinski definition) is 11. The summed E-state index contributed by atoms with van der Waals surface area (Å²) in [6, 6.07) is 44.6. The van der Waals surface area contributed by atoms with Crippen LogP contribution in [0.25, 0.3) is 33.8 Å². The monoisotopic (exact) mass is 881 g/mol. The first-order valence-electron chi connectivity index (χ1n) is 21.2. The number of benzene rings is 5. The Morgan fingerprint density at radius 1 is 0.561 bits per heavy atom. The lowest BCUT2D eigenvalue weighted by Gasteiger charge is -2.09. The molecule has 3 amide bonds. The summed E-state index contributed by atoms with van der Waals surface area (Å²) in [5.41, 5.74) is 23.7. The van der Waals surface area contributed by atoms with Gasteiger partial charge in [-0.25, -0.2) is 24.9 Å². The SMILES string of the molecule is Cc1cccc(OCCCNc2nccc(-c3ccc(C(N)=O)cc3)n2)c1.NC(=O)c1ccc(-c2ccnc(NCCCc3ncc(-c4ccccc4)[nH]3)n2)cc1.NC(=O)c1ccccc1. The zero-order valence-corrected chi connectivity index (χ0v) is 36.4. The number of amides is 3. The number of aryl methyl sites for hydroxylation is 2. The average Bonchev–Trinajstić information content (AvgIpc) is 3.83. The van der Waals surface area contributed by atoms with Crippen molar-refractivity contribution in [3.05, 3.63) is 192 Å². The number of anilines is 2. The van der Waals surface area contributed by atoms with Crippen LogP contribution in [0.4, 0.5) is 11.9 Å². The largest absolute Gasteiger partial charge is 0.494 e. The molecule has 0 saturated heterocycles. The van der Waals surface area contributed by atoms with Crippen LogP contribution in [0, 0.1) is 6.92 Å². The first kappa shape index (κ1) is 46.8. The van der Waals surface area contributed by atoms with E-state index in [1.54, 1.807) is 60.9 Å². The van der Waals surface area contributed by atoms with Gasteiger partial charge in [-0.05, 0) is 91.6 Å². The summed E-state index contributed by atoms with van der Waals surface area (Å²) in [6.07, 6.45) is 7.83. The topological polar surface area (TPSA) is 243 Å². The zero-order valence-electron chi connectivity index (χ0n) is 36.4. The quantitative estimate of drug-likeness (QED) is 0.0480. The molecule has 3 heterocycles. The molecule has 0 spiro atoms. The van der Waals surface area contributed by atoms with E-state index in [2.05, 4.69) is 52.7 Å². The Bertz CT molecular complexity index is 2780. The van der Waals surface area contributed by atoms with E-state index in [1.807, 2.05) is 98.0 Å². The number of rotatable bonds is 17. The van der Waals surface area contributed by atoms with Crippen molar-refractivity contribution >= 4 is 29.6 Å². The predicted molar refractivity (Wildman–Crippen MR) is 258 cm³/mol. The fraction of sp³-hybridized carbons (Fsp3) is 0.137. The third-order valence-corrected chi connectivity index (χ3v) is 9.75. The highest BCUT2D eigenvalue weighted by Gasteiger charge is 2.08. The van der Waals surface area contributed by atoms with E-state index in [0.29, 0.717) is 41.7 Å². The molecule has 0 radical (unpaired) electrons. The lowest BCUT2D eigenvalue weighted by molar-refractivity contribution is 0.0992. The molecule has 0 unspecified atom stereocenters. The van der Waals surface area contributed by atoms with Crippen molar-refractivity contribution in [2.24, 2.45) is 17.2 Å². The van der Waals surface area contributed by atoms with Crippen molar-refractivity contribution in [3.8, 4) is 39.5 Å². The van der Waals surface area contributed by atoms with Crippen LogP contribution in [0.5, 0.6) is 5.75 Å². The molecule has 5 aromatic carbocycles. The number of ether oxygens (including phenoxy) is 1. The predicted octanol–water partition coefficient (Wildman–Crippen LogP) is 7.89. The Morgan fingerprint density at radius 3 is 1.59 bits per heavy atom. The molecule has 15 nitrogen and oxygen atoms in total. The number of aromatic nitrogens is 6. The van der Waals surface area contributed by atoms with Crippen LogP contribution in [0.15, 0.2) is 164 Å². The van der Waals surface area contributed by atoms with E-state index in [0.717, 1.165) is 71.2 Å². The number of nitrogens with two attached hydrogens (primary N) is 3. The lowest BCUT2D eigenvalue weighted by Crippen LogP contribution is -2.10. The normalized spacial score (nSPS) is 10.3. The lowest BCUT2D eigenvalue weighted by atomic mass is 10.1. The summed E-state index contributed by atoms with van der Waals surface area (Å²) in [7, 11) is 0. The first-order valence-corrected chi connectivity index (χ1v) is 21.2. The third kappa shape index (κ3) is 14.7. The van der Waals surface area contributed by atoms with Crippen LogP contribution in [0.1, 0.15) is 55.3 Å². The van der Waals surface area contributed by atoms with Gasteiger partial charge in [0.15, 0.2) is 0 Å². The minimum Gasteiger partial charge on any atom is -0.494 e. The Hall–Kier alpha value is -8.72. The Kier molecular flexibility index (Phi) is 17.2. The molecule has 0 aliphatic heterocycles. The standard InChI is InChI=1S/C23H22N6O.C21H22N4O2.C7H7NO/c24-22(30)18-10-8-17(9-11-18)19-12-14-26-23(29-19)25-13-4-7-21-27-15-20(28-21)16-5-2-1-3-6-16;1-15-4-2-5-18(14-15)27-13-3-11-23-21-24-12-10-19(25-21)16-6-8-17(9-7-16)20(22)26;8-7(9)6-4-2-1-3-5-6/h1-3,5-6,8-12,14-15H,4,7,13H2,(H2,24,30)(H,27,28)(H,25,26,29);2,4-10,12,14H,3,11,13H2,1H3,(H2,22,26)(H,23,24,25);1-5H,(H2,8,9). The number of carbonyl (C=O) groups is 3. The summed E-state index contributed by atoms with van der Waals surface area (Å²) in [4.78, 5) is 58.2. The fourth-order valence-corrected chi connectivity index (χ4v) is 6.30. The maximum atomic E-state index is 11.2. The molecule has 334 valence electrons. The van der Waals surface area contributed by atoms with Crippen LogP contribution >= 0.6 is 0 Å². The summed E-state index contributed by atoms with van der Waals surface area (Å²) in [6.45, 7) is 4.09. The second-order valence-electron chi connectivity index (χ2n) is 14.7. The number of nitrogens with one attached hydrogen (secondary N) is 3. The van der Waals surface area contributed by atoms with Crippen LogP contribution in [0.2, 0.25) is 0 Å². The molecular formula is C51H51N11O4. The van der Waals surface area contributed by atoms with E-state index in [4.69, 9.17) is 21.9 Å². The number of imidazole rings is 1. The molecule has 0 bridgehead atoms. The Morgan fingerprint density at radius 2 is 1.08 bits per heavy atom. The van der Waals surface area contributed by atoms with Crippen molar-refractivity contribution in [2.45, 2.75) is 26.2 Å². The van der Waals surface area contributed by atoms with Crippen molar-refractivity contribution in [2.75, 3.05) is 30.3 Å². The second kappa shape index (κ2) is 24.2. The maximum Gasteiger partial charge on any atom is 0.248 e. The van der Waals surface area contributed by atoms with E-state index in [-0.39, 0.29) is 5.91 Å². The molecule has 8 rings (SSSR count). The van der Waals surface area contributed by atoms with Crippen LogP contribution < -0.4 is 32.6 Å². The van der Waals surface area contributed by atoms with E-state index < -0.39 is 11.8 Å². The van der Waals surface area contributed by atoms with Crippen molar-refractivity contribution in [3.63, 3.8) is 0 Å². The number of aromatic amines is 1. The molecule has 8 aromatic rings. The highest BCUT2D eigenvalue weighted by atomic mass is 16.5. The van der Waals surface area contributed by atoms with E-state index in [9.17, 15) is 14.4 Å². The fourth-order valence-electron chi connectivity index (χ4n) is 6.30. The number of nitrogens with zero attached hydrogens (tertiary/aromatic N) is 5. The van der Waals surface area contributed by atoms with Gasteiger partial charge in [0.25, 0.3) is 0 Å². The van der Waals surface area contributed by atoms with Gasteiger partial charge in [-0.3, -0.25) is 14.4 Å². The molecule has 3 aromatic heterocycles. The van der Waals surface area contributed by atoms with Crippen molar-refractivity contribution in [1.29, 1.82) is 0 Å². The van der Waals surface area contributed by atoms with Gasteiger partial charge in [0.2, 0.25) is 29.6 Å². The van der Waals surface area contributed by atoms with Gasteiger partial charge >= 0.3 is 0 Å². The molecule has 0 aliphatic rings. The number of H-pyrrole nitrogens is 1. The third-order valence-electron chi connectivity index (χ3n) is 9.75. The Labute approximate surface area is 383 Å². The van der Waals surface area contributed by atoms with Gasteiger partial charge in [0.1, 0.15) is 11.6 Å². The van der Waals surface area contributed by atoms with Gasteiger partial charge in [0, 0.05) is 59.7 Å². The van der Waals surface area contributed by atoms with Gasteiger partial charge in [-0.2, -0.15) is 0 Å². The molecule has 9 N–H and O–H groups in total. The van der Waals surface area contributed by atoms with E-state index in [1.165, 1.54) is 5.56 Å². The molecular weight excluding hydrogens is 831 g/mol.